The molecule has 0 radical (unpaired) electrons. The van der Waals surface area contributed by atoms with Crippen molar-refractivity contribution in [1.82, 2.24) is 10.2 Å². The Bertz CT molecular complexity index is 1190. The van der Waals surface area contributed by atoms with Crippen LogP contribution in [0.2, 0.25) is 5.02 Å². The molecule has 2 amide bonds. The fourth-order valence-electron chi connectivity index (χ4n) is 3.86. The van der Waals surface area contributed by atoms with Crippen LogP contribution in [0.15, 0.2) is 48.5 Å². The zero-order valence-corrected chi connectivity index (χ0v) is 22.5. The number of amides is 2. The monoisotopic (exact) mass is 561 g/mol. The Kier molecular flexibility index (Phi) is 10.8. The van der Waals surface area contributed by atoms with Crippen LogP contribution in [0.1, 0.15) is 44.2 Å². The molecule has 0 heterocycles. The number of benzene rings is 2. The van der Waals surface area contributed by atoms with E-state index in [2.05, 4.69) is 5.32 Å². The van der Waals surface area contributed by atoms with Crippen molar-refractivity contribution >= 4 is 39.1 Å². The molecule has 0 spiro atoms. The van der Waals surface area contributed by atoms with Crippen molar-refractivity contribution in [3.8, 4) is 0 Å². The van der Waals surface area contributed by atoms with Crippen LogP contribution in [0.3, 0.4) is 0 Å². The van der Waals surface area contributed by atoms with E-state index in [1.165, 1.54) is 11.0 Å². The molecule has 7 nitrogen and oxygen atoms in total. The number of anilines is 1. The lowest BCUT2D eigenvalue weighted by Gasteiger charge is -2.31. The van der Waals surface area contributed by atoms with Gasteiger partial charge in [-0.25, -0.2) is 8.42 Å². The van der Waals surface area contributed by atoms with Gasteiger partial charge in [-0.15, -0.1) is 0 Å². The van der Waals surface area contributed by atoms with Crippen LogP contribution in [0.25, 0.3) is 0 Å². The SMILES string of the molecule is CCNC(=O)[C@@H](CC)N(Cc1ccccc1Cl)C(=O)CCCN(c1cccc(C(F)(F)F)c1)S(C)(=O)=O. The van der Waals surface area contributed by atoms with Gasteiger partial charge in [-0.2, -0.15) is 13.2 Å². The number of rotatable bonds is 12. The molecular formula is C25H31ClF3N3O4S. The third-order valence-electron chi connectivity index (χ3n) is 5.65. The van der Waals surface area contributed by atoms with Gasteiger partial charge in [-0.3, -0.25) is 13.9 Å². The van der Waals surface area contributed by atoms with Gasteiger partial charge in [0.15, 0.2) is 0 Å². The van der Waals surface area contributed by atoms with E-state index < -0.39 is 33.7 Å². The summed E-state index contributed by atoms with van der Waals surface area (Å²) < 4.78 is 65.1. The van der Waals surface area contributed by atoms with Crippen LogP contribution in [-0.4, -0.2) is 50.5 Å². The lowest BCUT2D eigenvalue weighted by molar-refractivity contribution is -0.141. The third-order valence-corrected chi connectivity index (χ3v) is 7.21. The van der Waals surface area contributed by atoms with Crippen molar-refractivity contribution in [1.29, 1.82) is 0 Å². The van der Waals surface area contributed by atoms with E-state index in [-0.39, 0.29) is 37.5 Å². The van der Waals surface area contributed by atoms with Gasteiger partial charge in [0.1, 0.15) is 6.04 Å². The lowest BCUT2D eigenvalue weighted by atomic mass is 10.1. The summed E-state index contributed by atoms with van der Waals surface area (Å²) in [6.07, 6.45) is -3.52. The molecular weight excluding hydrogens is 531 g/mol. The van der Waals surface area contributed by atoms with Crippen molar-refractivity contribution in [2.24, 2.45) is 0 Å². The van der Waals surface area contributed by atoms with Gasteiger partial charge in [0, 0.05) is 31.1 Å². The molecule has 1 N–H and O–H groups in total. The molecule has 0 aliphatic carbocycles. The first kappa shape index (κ1) is 30.4. The molecule has 0 aliphatic rings. The first-order valence-electron chi connectivity index (χ1n) is 11.7. The Hall–Kier alpha value is -2.79. The Morgan fingerprint density at radius 2 is 1.76 bits per heavy atom. The highest BCUT2D eigenvalue weighted by atomic mass is 35.5. The number of hydrogen-bond donors (Lipinski definition) is 1. The van der Waals surface area contributed by atoms with E-state index in [0.717, 1.165) is 28.8 Å². The van der Waals surface area contributed by atoms with Crippen molar-refractivity contribution in [3.63, 3.8) is 0 Å². The molecule has 0 aliphatic heterocycles. The molecule has 2 aromatic carbocycles. The Balaban J connectivity index is 2.25. The van der Waals surface area contributed by atoms with Crippen LogP contribution in [0.4, 0.5) is 18.9 Å². The molecule has 0 saturated carbocycles. The average molecular weight is 562 g/mol. The van der Waals surface area contributed by atoms with Crippen molar-refractivity contribution in [2.75, 3.05) is 23.7 Å². The van der Waals surface area contributed by atoms with Crippen LogP contribution in [0.5, 0.6) is 0 Å². The second-order valence-corrected chi connectivity index (χ2v) is 10.7. The summed E-state index contributed by atoms with van der Waals surface area (Å²) in [7, 11) is -3.93. The molecule has 0 aromatic heterocycles. The highest BCUT2D eigenvalue weighted by Gasteiger charge is 2.32. The standard InChI is InChI=1S/C25H31ClF3N3O4S/c1-4-22(24(34)30-5-2)31(17-18-10-6-7-13-21(18)26)23(33)14-9-15-32(37(3,35)36)20-12-8-11-19(16-20)25(27,28)29/h6-8,10-13,16,22H,4-5,9,14-15,17H2,1-3H3,(H,30,34)/t22-/m1/s1. The topological polar surface area (TPSA) is 86.8 Å². The van der Waals surface area contributed by atoms with Gasteiger partial charge in [0.2, 0.25) is 21.8 Å². The van der Waals surface area contributed by atoms with Gasteiger partial charge in [0.05, 0.1) is 17.5 Å². The summed E-state index contributed by atoms with van der Waals surface area (Å²) in [6, 6.07) is 10.1. The zero-order chi connectivity index (χ0) is 27.8. The van der Waals surface area contributed by atoms with E-state index >= 15 is 0 Å². The van der Waals surface area contributed by atoms with Crippen LogP contribution in [-0.2, 0) is 32.3 Å². The van der Waals surface area contributed by atoms with Crippen molar-refractivity contribution < 1.29 is 31.2 Å². The normalized spacial score (nSPS) is 12.6. The first-order valence-corrected chi connectivity index (χ1v) is 14.0. The maximum Gasteiger partial charge on any atom is 0.416 e. The number of hydrogen-bond acceptors (Lipinski definition) is 4. The van der Waals surface area contributed by atoms with E-state index in [4.69, 9.17) is 11.6 Å². The largest absolute Gasteiger partial charge is 0.416 e. The van der Waals surface area contributed by atoms with Crippen molar-refractivity contribution in [2.45, 2.75) is 51.9 Å². The molecule has 1 atom stereocenters. The summed E-state index contributed by atoms with van der Waals surface area (Å²) in [5, 5.41) is 3.15. The first-order chi connectivity index (χ1) is 17.3. The molecule has 0 unspecified atom stereocenters. The summed E-state index contributed by atoms with van der Waals surface area (Å²) in [6.45, 7) is 3.76. The lowest BCUT2D eigenvalue weighted by Crippen LogP contribution is -2.49. The van der Waals surface area contributed by atoms with E-state index in [1.807, 2.05) is 0 Å². The Labute approximate surface area is 220 Å². The smallest absolute Gasteiger partial charge is 0.355 e. The van der Waals surface area contributed by atoms with E-state index in [9.17, 15) is 31.2 Å². The van der Waals surface area contributed by atoms with E-state index in [1.54, 1.807) is 38.1 Å². The highest BCUT2D eigenvalue weighted by molar-refractivity contribution is 7.92. The highest BCUT2D eigenvalue weighted by Crippen LogP contribution is 2.32. The van der Waals surface area contributed by atoms with E-state index in [0.29, 0.717) is 23.6 Å². The second kappa shape index (κ2) is 13.1. The molecule has 0 fully saturated rings. The molecule has 0 bridgehead atoms. The fraction of sp³-hybridized carbons (Fsp3) is 0.440. The molecule has 204 valence electrons. The number of sulfonamides is 1. The Morgan fingerprint density at radius 1 is 1.08 bits per heavy atom. The summed E-state index contributed by atoms with van der Waals surface area (Å²) >= 11 is 6.28. The van der Waals surface area contributed by atoms with Gasteiger partial charge in [-0.1, -0.05) is 42.8 Å². The summed E-state index contributed by atoms with van der Waals surface area (Å²) in [5.74, 6) is -0.734. The minimum Gasteiger partial charge on any atom is -0.355 e. The quantitative estimate of drug-likeness (QED) is 0.401. The number of carbonyl (C=O) groups excluding carboxylic acids is 2. The molecule has 12 heteroatoms. The number of nitrogens with zero attached hydrogens (tertiary/aromatic N) is 2. The summed E-state index contributed by atoms with van der Waals surface area (Å²) in [5.41, 5.74) is -0.484. The third kappa shape index (κ3) is 8.63. The summed E-state index contributed by atoms with van der Waals surface area (Å²) in [4.78, 5) is 27.4. The number of halogens is 4. The predicted octanol–water partition coefficient (Wildman–Crippen LogP) is 4.85. The van der Waals surface area contributed by atoms with Crippen LogP contribution in [0, 0.1) is 0 Å². The fourth-order valence-corrected chi connectivity index (χ4v) is 5.02. The van der Waals surface area contributed by atoms with Crippen LogP contribution >= 0.6 is 11.6 Å². The number of nitrogens with one attached hydrogen (secondary N) is 1. The van der Waals surface area contributed by atoms with Gasteiger partial charge < -0.3 is 10.2 Å². The molecule has 2 aromatic rings. The van der Waals surface area contributed by atoms with Gasteiger partial charge in [-0.05, 0) is 49.6 Å². The maximum absolute atomic E-state index is 13.3. The molecule has 0 saturated heterocycles. The Morgan fingerprint density at radius 3 is 2.32 bits per heavy atom. The zero-order valence-electron chi connectivity index (χ0n) is 20.9. The minimum atomic E-state index is -4.64. The van der Waals surface area contributed by atoms with Crippen LogP contribution < -0.4 is 9.62 Å². The van der Waals surface area contributed by atoms with Crippen molar-refractivity contribution in [3.05, 3.63) is 64.7 Å². The average Bonchev–Trinajstić information content (AvgIpc) is 2.81. The predicted molar refractivity (Wildman–Crippen MR) is 138 cm³/mol. The molecule has 37 heavy (non-hydrogen) atoms. The maximum atomic E-state index is 13.3. The van der Waals surface area contributed by atoms with Gasteiger partial charge >= 0.3 is 6.18 Å². The second-order valence-electron chi connectivity index (χ2n) is 8.42. The molecule has 2 rings (SSSR count). The van der Waals surface area contributed by atoms with Gasteiger partial charge in [0.25, 0.3) is 0 Å². The number of likely N-dealkylation sites (N-methyl/N-ethyl adjacent to an activating group) is 1. The minimum absolute atomic E-state index is 0.0208. The number of alkyl halides is 3. The number of carbonyl (C=O) groups is 2.